The number of hydrogen-bond donors (Lipinski definition) is 13. The van der Waals surface area contributed by atoms with E-state index in [9.17, 15) is 72.9 Å². The fourth-order valence-electron chi connectivity index (χ4n) is 8.24. The highest BCUT2D eigenvalue weighted by atomic mass is 16.4. The van der Waals surface area contributed by atoms with Gasteiger partial charge in [0.05, 0.1) is 12.6 Å². The number of hydrogen-bond acceptors (Lipinski definition) is 15. The molecule has 2 aliphatic rings. The first-order valence-electron chi connectivity index (χ1n) is 24.8. The number of likely N-dealkylation sites (tertiary alicyclic amines) is 2. The summed E-state index contributed by atoms with van der Waals surface area (Å²) >= 11 is 0. The van der Waals surface area contributed by atoms with Gasteiger partial charge in [-0.15, -0.1) is 0 Å². The number of nitrogens with two attached hydrogens (primary N) is 3. The van der Waals surface area contributed by atoms with E-state index >= 15 is 0 Å². The van der Waals surface area contributed by atoms with Crippen LogP contribution in [0.1, 0.15) is 119 Å². The number of aliphatic hydroxyl groups is 1. The second-order valence-electron chi connectivity index (χ2n) is 19.0. The van der Waals surface area contributed by atoms with Gasteiger partial charge in [0.2, 0.25) is 59.1 Å². The van der Waals surface area contributed by atoms with Crippen molar-refractivity contribution in [3.63, 3.8) is 0 Å². The summed E-state index contributed by atoms with van der Waals surface area (Å²) in [4.78, 5) is 160. The molecule has 27 heteroatoms. The predicted octanol–water partition coefficient (Wildman–Crippen LogP) is -4.23. The highest BCUT2D eigenvalue weighted by Crippen LogP contribution is 2.23. The number of rotatable bonds is 31. The third-order valence-electron chi connectivity index (χ3n) is 12.8. The summed E-state index contributed by atoms with van der Waals surface area (Å²) in [6.45, 7) is 9.09. The molecule has 0 spiro atoms. The van der Waals surface area contributed by atoms with Crippen LogP contribution in [0.5, 0.6) is 0 Å². The maximum Gasteiger partial charge on any atom is 0.326 e. The molecule has 0 aromatic heterocycles. The quantitative estimate of drug-likeness (QED) is 0.0293. The summed E-state index contributed by atoms with van der Waals surface area (Å²) < 4.78 is 0. The Balaban J connectivity index is 2.27. The second-order valence-corrected chi connectivity index (χ2v) is 19.0. The third kappa shape index (κ3) is 19.5. The number of unbranched alkanes of at least 4 members (excludes halogenated alkanes) is 1. The van der Waals surface area contributed by atoms with E-state index < -0.39 is 163 Å². The predicted molar refractivity (Wildman–Crippen MR) is 260 cm³/mol. The minimum absolute atomic E-state index is 0.0254. The average molecular weight is 1040 g/mol. The number of aliphatic carboxylic acids is 2. The normalized spacial score (nSPS) is 19.1. The summed E-state index contributed by atoms with van der Waals surface area (Å²) in [7, 11) is 0. The lowest BCUT2D eigenvalue weighted by atomic mass is 9.97. The Labute approximate surface area is 424 Å². The number of aliphatic hydroxyl groups excluding tert-OH is 1. The van der Waals surface area contributed by atoms with Gasteiger partial charge < -0.3 is 79.5 Å². The molecular weight excluding hydrogens is 961 g/mol. The fraction of sp³-hybridized carbons (Fsp3) is 0.739. The first-order valence-corrected chi connectivity index (χ1v) is 24.8. The summed E-state index contributed by atoms with van der Waals surface area (Å²) in [5.41, 5.74) is 16.7. The van der Waals surface area contributed by atoms with Crippen molar-refractivity contribution in [1.82, 2.24) is 47.0 Å². The molecule has 0 unspecified atom stereocenters. The van der Waals surface area contributed by atoms with E-state index in [1.807, 2.05) is 0 Å². The van der Waals surface area contributed by atoms with Crippen LogP contribution < -0.4 is 54.4 Å². The number of amides is 10. The molecule has 2 fully saturated rings. The number of nitrogens with one attached hydrogen (secondary N) is 7. The van der Waals surface area contributed by atoms with E-state index in [2.05, 4.69) is 37.2 Å². The van der Waals surface area contributed by atoms with Crippen LogP contribution in [0.15, 0.2) is 0 Å². The summed E-state index contributed by atoms with van der Waals surface area (Å²) in [5.74, 6) is -11.7. The van der Waals surface area contributed by atoms with E-state index in [0.717, 1.165) is 4.90 Å². The first-order chi connectivity index (χ1) is 34.3. The molecule has 0 saturated carbocycles. The van der Waals surface area contributed by atoms with Crippen LogP contribution in [0.25, 0.3) is 0 Å². The summed E-state index contributed by atoms with van der Waals surface area (Å²) in [6.07, 6.45) is 0.242. The van der Waals surface area contributed by atoms with Crippen LogP contribution >= 0.6 is 0 Å². The molecule has 0 radical (unpaired) electrons. The molecule has 73 heavy (non-hydrogen) atoms. The molecule has 11 atom stereocenters. The Kier molecular flexibility index (Phi) is 26.2. The average Bonchev–Trinajstić information content (AvgIpc) is 4.04. The van der Waals surface area contributed by atoms with Gasteiger partial charge in [0.15, 0.2) is 0 Å². The number of carboxylic acids is 2. The Morgan fingerprint density at radius 1 is 0.589 bits per heavy atom. The number of primary amides is 1. The molecule has 0 aliphatic carbocycles. The van der Waals surface area contributed by atoms with Crippen molar-refractivity contribution in [2.75, 3.05) is 26.2 Å². The molecule has 16 N–H and O–H groups in total. The molecule has 10 amide bonds. The van der Waals surface area contributed by atoms with Crippen LogP contribution in [0.2, 0.25) is 0 Å². The van der Waals surface area contributed by atoms with Gasteiger partial charge >= 0.3 is 11.9 Å². The van der Waals surface area contributed by atoms with Gasteiger partial charge in [-0.1, -0.05) is 34.1 Å². The summed E-state index contributed by atoms with van der Waals surface area (Å²) in [6, 6.07) is -13.0. The van der Waals surface area contributed by atoms with Gasteiger partial charge in [0, 0.05) is 25.9 Å². The Hall–Kier alpha value is -6.48. The highest BCUT2D eigenvalue weighted by Gasteiger charge is 2.42. The smallest absolute Gasteiger partial charge is 0.326 e. The molecule has 2 heterocycles. The van der Waals surface area contributed by atoms with E-state index in [1.54, 1.807) is 27.7 Å². The minimum Gasteiger partial charge on any atom is -0.481 e. The van der Waals surface area contributed by atoms with Crippen LogP contribution in [0, 0.1) is 11.8 Å². The van der Waals surface area contributed by atoms with Crippen molar-refractivity contribution >= 4 is 71.0 Å². The zero-order valence-electron chi connectivity index (χ0n) is 42.6. The molecule has 27 nitrogen and oxygen atoms in total. The minimum atomic E-state index is -1.77. The lowest BCUT2D eigenvalue weighted by Crippen LogP contribution is -2.61. The number of carbonyl (C=O) groups excluding carboxylic acids is 10. The van der Waals surface area contributed by atoms with Gasteiger partial charge in [-0.25, -0.2) is 4.79 Å². The van der Waals surface area contributed by atoms with Crippen molar-refractivity contribution < 1.29 is 72.9 Å². The Morgan fingerprint density at radius 3 is 1.63 bits per heavy atom. The van der Waals surface area contributed by atoms with Gasteiger partial charge in [-0.05, 0) is 90.0 Å². The van der Waals surface area contributed by atoms with Crippen molar-refractivity contribution in [3.8, 4) is 0 Å². The molecule has 0 aromatic rings. The summed E-state index contributed by atoms with van der Waals surface area (Å²) in [5, 5.41) is 46.6. The topological polar surface area (TPSA) is 434 Å². The number of carbonyl (C=O) groups is 12. The van der Waals surface area contributed by atoms with Crippen LogP contribution in [-0.2, 0) is 57.5 Å². The molecule has 2 rings (SSSR count). The lowest BCUT2D eigenvalue weighted by Gasteiger charge is -2.32. The van der Waals surface area contributed by atoms with E-state index in [0.29, 0.717) is 25.7 Å². The molecular formula is C46H78N12O15. The van der Waals surface area contributed by atoms with E-state index in [4.69, 9.17) is 17.2 Å². The van der Waals surface area contributed by atoms with Crippen LogP contribution in [0.3, 0.4) is 0 Å². The number of nitrogens with zero attached hydrogens (tertiary/aromatic N) is 2. The van der Waals surface area contributed by atoms with Crippen LogP contribution in [-0.4, -0.2) is 183 Å². The third-order valence-corrected chi connectivity index (χ3v) is 12.8. The van der Waals surface area contributed by atoms with Crippen LogP contribution in [0.4, 0.5) is 0 Å². The zero-order chi connectivity index (χ0) is 55.3. The largest absolute Gasteiger partial charge is 0.481 e. The maximum atomic E-state index is 13.9. The molecule has 0 aromatic carbocycles. The van der Waals surface area contributed by atoms with Gasteiger partial charge in [0.1, 0.15) is 54.4 Å². The molecule has 412 valence electrons. The Bertz CT molecular complexity index is 1990. The second kappa shape index (κ2) is 30.5. The van der Waals surface area contributed by atoms with Crippen molar-refractivity contribution in [2.45, 2.75) is 179 Å². The van der Waals surface area contributed by atoms with Gasteiger partial charge in [-0.3, -0.25) is 52.7 Å². The zero-order valence-corrected chi connectivity index (χ0v) is 42.6. The van der Waals surface area contributed by atoms with E-state index in [-0.39, 0.29) is 57.7 Å². The van der Waals surface area contributed by atoms with E-state index in [1.165, 1.54) is 18.7 Å². The molecule has 2 aliphatic heterocycles. The van der Waals surface area contributed by atoms with Crippen molar-refractivity contribution in [1.29, 1.82) is 0 Å². The number of carboxylic acid groups (broad SMARTS) is 2. The Morgan fingerprint density at radius 2 is 1.11 bits per heavy atom. The fourth-order valence-corrected chi connectivity index (χ4v) is 8.24. The SMILES string of the molecule is CC[C@H](C)[C@H](NC(=O)[C@@H]1CCCN1C(=O)[C@@H](NC(=O)[C@H](C)N)C(C)C)C(=O)N[C@@H](C)C(=O)N[C@@H](CCC(N)=O)C(=O)N[C@@H](CCCCN)C(=O)N[C@@H](CO)C(=O)N[C@@H](CCC(=O)O)C(=O)N1CCC[C@H]1C(=O)O. The molecule has 2 saturated heterocycles. The molecule has 0 bridgehead atoms. The van der Waals surface area contributed by atoms with Crippen molar-refractivity contribution in [2.24, 2.45) is 29.0 Å². The first kappa shape index (κ1) is 62.6. The highest BCUT2D eigenvalue weighted by molar-refractivity contribution is 5.99. The standard InChI is InChI=1S/C46H78N12O15/c1-7-24(4)36(56-42(68)31-13-10-20-57(31)45(71)35(23(2)3)55-37(63)25(5)48)43(69)50-26(6)38(64)51-28(15-17-33(49)60)40(66)52-27(12-8-9-19-47)39(65)54-30(22-59)41(67)53-29(16-18-34(61)62)44(70)58-21-11-14-32(58)46(72)73/h23-32,35-36,59H,7-22,47-48H2,1-6H3,(H2,49,60)(H,50,69)(H,51,64)(H,52,66)(H,53,67)(H,54,65)(H,55,63)(H,56,68)(H,61,62)(H,72,73)/t24-,25-,26-,27-,28-,29-,30-,31-,32-,35-,36-/m0/s1. The van der Waals surface area contributed by atoms with Gasteiger partial charge in [-0.2, -0.15) is 0 Å². The van der Waals surface area contributed by atoms with Crippen molar-refractivity contribution in [3.05, 3.63) is 0 Å². The van der Waals surface area contributed by atoms with Gasteiger partial charge in [0.25, 0.3) is 0 Å². The lowest BCUT2D eigenvalue weighted by molar-refractivity contribution is -0.150. The maximum absolute atomic E-state index is 13.9. The monoisotopic (exact) mass is 1040 g/mol.